The zero-order valence-electron chi connectivity index (χ0n) is 12.4. The third-order valence-corrected chi connectivity index (χ3v) is 3.11. The summed E-state index contributed by atoms with van der Waals surface area (Å²) in [5.41, 5.74) is 5.47. The number of nitrogens with two attached hydrogens (primary N) is 1. The van der Waals surface area contributed by atoms with Crippen LogP contribution in [0.3, 0.4) is 0 Å². The van der Waals surface area contributed by atoms with Crippen LogP contribution in [0.2, 0.25) is 0 Å². The maximum Gasteiger partial charge on any atom is 0.292 e. The van der Waals surface area contributed by atoms with Crippen LogP contribution in [-0.2, 0) is 4.79 Å². The average Bonchev–Trinajstić information content (AvgIpc) is 2.43. The highest BCUT2D eigenvalue weighted by molar-refractivity contribution is 5.85. The van der Waals surface area contributed by atoms with Gasteiger partial charge in [-0.1, -0.05) is 25.5 Å². The molecule has 1 unspecified atom stereocenters. The van der Waals surface area contributed by atoms with Gasteiger partial charge in [-0.25, -0.2) is 0 Å². The number of hydrogen-bond acceptors (Lipinski definition) is 5. The number of carbonyl (C=O) groups excluding carboxylic acids is 1. The van der Waals surface area contributed by atoms with E-state index in [1.807, 2.05) is 6.92 Å². The fourth-order valence-electron chi connectivity index (χ4n) is 1.99. The second kappa shape index (κ2) is 7.58. The maximum atomic E-state index is 11.9. The normalized spacial score (nSPS) is 13.3. The van der Waals surface area contributed by atoms with E-state index in [-0.39, 0.29) is 11.6 Å². The molecule has 0 saturated heterocycles. The van der Waals surface area contributed by atoms with E-state index in [0.717, 1.165) is 6.42 Å². The molecule has 1 aromatic carbocycles. The van der Waals surface area contributed by atoms with Crippen molar-refractivity contribution in [3.63, 3.8) is 0 Å². The number of nitrogens with one attached hydrogen (secondary N) is 2. The molecule has 1 aromatic rings. The first-order valence-electron chi connectivity index (χ1n) is 6.93. The van der Waals surface area contributed by atoms with Crippen molar-refractivity contribution in [1.82, 2.24) is 5.32 Å². The molecule has 1 atom stereocenters. The van der Waals surface area contributed by atoms with Gasteiger partial charge < -0.3 is 16.4 Å². The van der Waals surface area contributed by atoms with E-state index in [4.69, 9.17) is 5.73 Å². The number of nitro benzene ring substituents is 1. The standard InChI is InChI=1S/C14H22N4O3/c1-3-8-14(2,15)13(19)17-10-9-16-11-6-4-5-7-12(11)18(20)21/h4-7,16H,3,8-10,15H2,1-2H3,(H,17,19). The summed E-state index contributed by atoms with van der Waals surface area (Å²) in [5.74, 6) is -0.214. The van der Waals surface area contributed by atoms with Crippen molar-refractivity contribution in [1.29, 1.82) is 0 Å². The first kappa shape index (κ1) is 16.9. The molecular formula is C14H22N4O3. The van der Waals surface area contributed by atoms with Crippen LogP contribution in [-0.4, -0.2) is 29.5 Å². The molecular weight excluding hydrogens is 272 g/mol. The molecule has 0 fully saturated rings. The minimum Gasteiger partial charge on any atom is -0.378 e. The van der Waals surface area contributed by atoms with Gasteiger partial charge >= 0.3 is 0 Å². The highest BCUT2D eigenvalue weighted by atomic mass is 16.6. The summed E-state index contributed by atoms with van der Waals surface area (Å²) >= 11 is 0. The Hall–Kier alpha value is -2.15. The SMILES string of the molecule is CCCC(C)(N)C(=O)NCCNc1ccccc1[N+](=O)[O-]. The molecule has 0 saturated carbocycles. The Kier molecular flexibility index (Phi) is 6.10. The Balaban J connectivity index is 2.45. The van der Waals surface area contributed by atoms with E-state index in [2.05, 4.69) is 10.6 Å². The van der Waals surface area contributed by atoms with E-state index >= 15 is 0 Å². The minimum absolute atomic E-state index is 0.0125. The zero-order valence-corrected chi connectivity index (χ0v) is 12.4. The molecule has 21 heavy (non-hydrogen) atoms. The van der Waals surface area contributed by atoms with Crippen LogP contribution in [0, 0.1) is 10.1 Å². The van der Waals surface area contributed by atoms with Crippen LogP contribution >= 0.6 is 0 Å². The van der Waals surface area contributed by atoms with Crippen molar-refractivity contribution in [2.24, 2.45) is 5.73 Å². The first-order chi connectivity index (χ1) is 9.88. The number of rotatable bonds is 8. The molecule has 0 heterocycles. The topological polar surface area (TPSA) is 110 Å². The van der Waals surface area contributed by atoms with Crippen molar-refractivity contribution in [3.05, 3.63) is 34.4 Å². The number of para-hydroxylation sites is 2. The lowest BCUT2D eigenvalue weighted by atomic mass is 9.97. The third kappa shape index (κ3) is 5.03. The van der Waals surface area contributed by atoms with E-state index in [1.54, 1.807) is 25.1 Å². The second-order valence-corrected chi connectivity index (χ2v) is 5.12. The van der Waals surface area contributed by atoms with Crippen molar-refractivity contribution >= 4 is 17.3 Å². The van der Waals surface area contributed by atoms with Crippen LogP contribution in [0.15, 0.2) is 24.3 Å². The molecule has 0 aliphatic carbocycles. The molecule has 116 valence electrons. The Morgan fingerprint density at radius 2 is 2.05 bits per heavy atom. The minimum atomic E-state index is -0.881. The summed E-state index contributed by atoms with van der Waals surface area (Å²) in [5, 5.41) is 16.5. The van der Waals surface area contributed by atoms with Gasteiger partial charge in [-0.3, -0.25) is 14.9 Å². The molecule has 0 aliphatic rings. The lowest BCUT2D eigenvalue weighted by Crippen LogP contribution is -2.52. The molecule has 7 nitrogen and oxygen atoms in total. The van der Waals surface area contributed by atoms with Gasteiger partial charge in [0.2, 0.25) is 5.91 Å². The van der Waals surface area contributed by atoms with E-state index < -0.39 is 10.5 Å². The van der Waals surface area contributed by atoms with Crippen LogP contribution in [0.5, 0.6) is 0 Å². The van der Waals surface area contributed by atoms with Gasteiger partial charge in [-0.05, 0) is 19.4 Å². The van der Waals surface area contributed by atoms with E-state index in [1.165, 1.54) is 6.07 Å². The maximum absolute atomic E-state index is 11.9. The second-order valence-electron chi connectivity index (χ2n) is 5.12. The van der Waals surface area contributed by atoms with Crippen molar-refractivity contribution < 1.29 is 9.72 Å². The summed E-state index contributed by atoms with van der Waals surface area (Å²) in [6.07, 6.45) is 1.44. The molecule has 0 radical (unpaired) electrons. The lowest BCUT2D eigenvalue weighted by molar-refractivity contribution is -0.384. The van der Waals surface area contributed by atoms with E-state index in [0.29, 0.717) is 25.2 Å². The Bertz CT molecular complexity index is 503. The van der Waals surface area contributed by atoms with Crippen LogP contribution in [0.4, 0.5) is 11.4 Å². The van der Waals surface area contributed by atoms with Crippen LogP contribution < -0.4 is 16.4 Å². The third-order valence-electron chi connectivity index (χ3n) is 3.11. The number of amides is 1. The van der Waals surface area contributed by atoms with Crippen LogP contribution in [0.25, 0.3) is 0 Å². The Labute approximate surface area is 124 Å². The van der Waals surface area contributed by atoms with Gasteiger partial charge in [0.05, 0.1) is 10.5 Å². The van der Waals surface area contributed by atoms with Gasteiger partial charge in [0.15, 0.2) is 0 Å². The van der Waals surface area contributed by atoms with Crippen molar-refractivity contribution in [3.8, 4) is 0 Å². The summed E-state index contributed by atoms with van der Waals surface area (Å²) in [6.45, 7) is 4.40. The molecule has 7 heteroatoms. The summed E-state index contributed by atoms with van der Waals surface area (Å²) < 4.78 is 0. The number of benzene rings is 1. The molecule has 0 aliphatic heterocycles. The van der Waals surface area contributed by atoms with Gasteiger partial charge in [-0.2, -0.15) is 0 Å². The molecule has 1 rings (SSSR count). The Morgan fingerprint density at radius 1 is 1.38 bits per heavy atom. The zero-order chi connectivity index (χ0) is 15.9. The lowest BCUT2D eigenvalue weighted by Gasteiger charge is -2.22. The molecule has 4 N–H and O–H groups in total. The van der Waals surface area contributed by atoms with Gasteiger partial charge in [0.25, 0.3) is 5.69 Å². The number of nitro groups is 1. The molecule has 0 aromatic heterocycles. The number of anilines is 1. The monoisotopic (exact) mass is 294 g/mol. The largest absolute Gasteiger partial charge is 0.378 e. The quantitative estimate of drug-likeness (QED) is 0.383. The van der Waals surface area contributed by atoms with Crippen molar-refractivity contribution in [2.45, 2.75) is 32.2 Å². The molecule has 0 spiro atoms. The highest BCUT2D eigenvalue weighted by Gasteiger charge is 2.26. The van der Waals surface area contributed by atoms with Crippen LogP contribution in [0.1, 0.15) is 26.7 Å². The summed E-state index contributed by atoms with van der Waals surface area (Å²) in [7, 11) is 0. The number of nitrogens with zero attached hydrogens (tertiary/aromatic N) is 1. The summed E-state index contributed by atoms with van der Waals surface area (Å²) in [6, 6.07) is 6.38. The number of carbonyl (C=O) groups is 1. The molecule has 1 amide bonds. The van der Waals surface area contributed by atoms with Gasteiger partial charge in [-0.15, -0.1) is 0 Å². The predicted molar refractivity (Wildman–Crippen MR) is 82.1 cm³/mol. The smallest absolute Gasteiger partial charge is 0.292 e. The highest BCUT2D eigenvalue weighted by Crippen LogP contribution is 2.22. The Morgan fingerprint density at radius 3 is 2.67 bits per heavy atom. The van der Waals surface area contributed by atoms with Crippen molar-refractivity contribution in [2.75, 3.05) is 18.4 Å². The van der Waals surface area contributed by atoms with Gasteiger partial charge in [0.1, 0.15) is 5.69 Å². The van der Waals surface area contributed by atoms with Gasteiger partial charge in [0, 0.05) is 19.2 Å². The fraction of sp³-hybridized carbons (Fsp3) is 0.500. The fourth-order valence-corrected chi connectivity index (χ4v) is 1.99. The van der Waals surface area contributed by atoms with E-state index in [9.17, 15) is 14.9 Å². The summed E-state index contributed by atoms with van der Waals surface area (Å²) in [4.78, 5) is 22.3. The predicted octanol–water partition coefficient (Wildman–Crippen LogP) is 1.64. The molecule has 0 bridgehead atoms. The average molecular weight is 294 g/mol. The first-order valence-corrected chi connectivity index (χ1v) is 6.93. The number of hydrogen-bond donors (Lipinski definition) is 3.